The van der Waals surface area contributed by atoms with Gasteiger partial charge in [0.1, 0.15) is 5.75 Å². The molecule has 3 rings (SSSR count). The molecule has 6 heteroatoms. The van der Waals surface area contributed by atoms with Crippen molar-refractivity contribution in [1.29, 1.82) is 0 Å². The van der Waals surface area contributed by atoms with Crippen molar-refractivity contribution in [3.05, 3.63) is 35.4 Å². The number of aromatic nitrogens is 2. The Kier molecular flexibility index (Phi) is 4.45. The van der Waals surface area contributed by atoms with Crippen molar-refractivity contribution >= 4 is 5.82 Å². The van der Waals surface area contributed by atoms with E-state index in [1.54, 1.807) is 6.07 Å². The monoisotopic (exact) mass is 314 g/mol. The Morgan fingerprint density at radius 2 is 2.13 bits per heavy atom. The number of anilines is 1. The van der Waals surface area contributed by atoms with Gasteiger partial charge in [-0.1, -0.05) is 6.07 Å². The summed E-state index contributed by atoms with van der Waals surface area (Å²) in [6.45, 7) is 6.56. The van der Waals surface area contributed by atoms with Crippen molar-refractivity contribution in [1.82, 2.24) is 10.2 Å². The first-order valence-electron chi connectivity index (χ1n) is 7.79. The van der Waals surface area contributed by atoms with Gasteiger partial charge in [0, 0.05) is 25.2 Å². The van der Waals surface area contributed by atoms with E-state index in [9.17, 15) is 5.11 Å². The average Bonchev–Trinajstić information content (AvgIpc) is 2.54. The minimum atomic E-state index is 0.0358. The van der Waals surface area contributed by atoms with Gasteiger partial charge in [0.25, 0.3) is 0 Å². The Balaban J connectivity index is 1.85. The predicted octanol–water partition coefficient (Wildman–Crippen LogP) is 1.63. The summed E-state index contributed by atoms with van der Waals surface area (Å²) >= 11 is 0. The standard InChI is InChI=1S/C17H22N4O2/c1-11-7-12(2)17(15(22)8-11)14-3-4-16(20-19-14)21-5-6-23-13(9-18)10-21/h3-4,7-8,13,22H,5-6,9-10,18H2,1-2H3/t13-/m1/s1. The third-order valence-corrected chi connectivity index (χ3v) is 4.09. The molecule has 23 heavy (non-hydrogen) atoms. The lowest BCUT2D eigenvalue weighted by molar-refractivity contribution is 0.0462. The van der Waals surface area contributed by atoms with Gasteiger partial charge in [0.2, 0.25) is 0 Å². The second-order valence-corrected chi connectivity index (χ2v) is 5.93. The van der Waals surface area contributed by atoms with Crippen LogP contribution in [-0.4, -0.2) is 47.6 Å². The summed E-state index contributed by atoms with van der Waals surface area (Å²) in [4.78, 5) is 2.12. The maximum atomic E-state index is 10.2. The van der Waals surface area contributed by atoms with Crippen LogP contribution in [0.5, 0.6) is 5.75 Å². The number of aryl methyl sites for hydroxylation is 2. The number of rotatable bonds is 3. The lowest BCUT2D eigenvalue weighted by Crippen LogP contribution is -2.46. The van der Waals surface area contributed by atoms with Crippen molar-refractivity contribution in [3.8, 4) is 17.0 Å². The number of hydrogen-bond acceptors (Lipinski definition) is 6. The molecule has 0 bridgehead atoms. The van der Waals surface area contributed by atoms with Crippen molar-refractivity contribution in [2.24, 2.45) is 5.73 Å². The number of ether oxygens (including phenoxy) is 1. The molecule has 1 atom stereocenters. The zero-order valence-electron chi connectivity index (χ0n) is 13.5. The SMILES string of the molecule is Cc1cc(C)c(-c2ccc(N3CCO[C@H](CN)C3)nn2)c(O)c1. The van der Waals surface area contributed by atoms with Gasteiger partial charge in [-0.05, 0) is 43.2 Å². The van der Waals surface area contributed by atoms with E-state index < -0.39 is 0 Å². The molecule has 1 saturated heterocycles. The summed E-state index contributed by atoms with van der Waals surface area (Å²) in [6, 6.07) is 7.59. The number of morpholine rings is 1. The van der Waals surface area contributed by atoms with Crippen molar-refractivity contribution < 1.29 is 9.84 Å². The predicted molar refractivity (Wildman–Crippen MR) is 89.6 cm³/mol. The van der Waals surface area contributed by atoms with Gasteiger partial charge >= 0.3 is 0 Å². The summed E-state index contributed by atoms with van der Waals surface area (Å²) in [5, 5.41) is 18.8. The molecule has 1 aliphatic rings. The Morgan fingerprint density at radius 1 is 1.30 bits per heavy atom. The molecule has 6 nitrogen and oxygen atoms in total. The summed E-state index contributed by atoms with van der Waals surface area (Å²) in [5.74, 6) is 1.04. The molecule has 1 aromatic carbocycles. The van der Waals surface area contributed by atoms with Crippen LogP contribution in [0.1, 0.15) is 11.1 Å². The molecule has 0 aliphatic carbocycles. The Bertz CT molecular complexity index is 664. The number of benzene rings is 1. The van der Waals surface area contributed by atoms with E-state index in [2.05, 4.69) is 15.1 Å². The first kappa shape index (κ1) is 15.7. The van der Waals surface area contributed by atoms with E-state index in [4.69, 9.17) is 10.5 Å². The minimum absolute atomic E-state index is 0.0358. The maximum Gasteiger partial charge on any atom is 0.151 e. The molecule has 0 spiro atoms. The zero-order chi connectivity index (χ0) is 16.4. The van der Waals surface area contributed by atoms with Crippen LogP contribution in [0.15, 0.2) is 24.3 Å². The number of nitrogens with zero attached hydrogens (tertiary/aromatic N) is 3. The first-order chi connectivity index (χ1) is 11.1. The van der Waals surface area contributed by atoms with Crippen LogP contribution in [0.25, 0.3) is 11.3 Å². The van der Waals surface area contributed by atoms with E-state index in [1.165, 1.54) is 0 Å². The van der Waals surface area contributed by atoms with Crippen molar-refractivity contribution in [2.75, 3.05) is 31.1 Å². The van der Waals surface area contributed by atoms with Gasteiger partial charge in [-0.15, -0.1) is 10.2 Å². The normalized spacial score (nSPS) is 18.2. The second-order valence-electron chi connectivity index (χ2n) is 5.93. The maximum absolute atomic E-state index is 10.2. The first-order valence-corrected chi connectivity index (χ1v) is 7.79. The topological polar surface area (TPSA) is 84.5 Å². The summed E-state index contributed by atoms with van der Waals surface area (Å²) in [6.07, 6.45) is 0.0358. The zero-order valence-corrected chi connectivity index (χ0v) is 13.5. The van der Waals surface area contributed by atoms with Crippen LogP contribution in [-0.2, 0) is 4.74 Å². The number of phenols is 1. The van der Waals surface area contributed by atoms with E-state index >= 15 is 0 Å². The molecule has 0 saturated carbocycles. The van der Waals surface area contributed by atoms with Crippen molar-refractivity contribution in [2.45, 2.75) is 20.0 Å². The van der Waals surface area contributed by atoms with Gasteiger partial charge in [-0.2, -0.15) is 0 Å². The molecule has 0 amide bonds. The molecular formula is C17H22N4O2. The highest BCUT2D eigenvalue weighted by Gasteiger charge is 2.21. The second kappa shape index (κ2) is 6.52. The molecule has 0 unspecified atom stereocenters. The van der Waals surface area contributed by atoms with Gasteiger partial charge < -0.3 is 20.5 Å². The van der Waals surface area contributed by atoms with Crippen LogP contribution in [0.3, 0.4) is 0 Å². The molecule has 122 valence electrons. The van der Waals surface area contributed by atoms with Gasteiger partial charge in [-0.25, -0.2) is 0 Å². The molecule has 3 N–H and O–H groups in total. The fourth-order valence-corrected chi connectivity index (χ4v) is 2.98. The Hall–Kier alpha value is -2.18. The largest absolute Gasteiger partial charge is 0.507 e. The van der Waals surface area contributed by atoms with Gasteiger partial charge in [-0.3, -0.25) is 0 Å². The highest BCUT2D eigenvalue weighted by atomic mass is 16.5. The third kappa shape index (κ3) is 3.28. The Morgan fingerprint density at radius 3 is 2.78 bits per heavy atom. The third-order valence-electron chi connectivity index (χ3n) is 4.09. The Labute approximate surface area is 135 Å². The van der Waals surface area contributed by atoms with Gasteiger partial charge in [0.05, 0.1) is 18.4 Å². The average molecular weight is 314 g/mol. The number of aromatic hydroxyl groups is 1. The summed E-state index contributed by atoms with van der Waals surface area (Å²) in [5.41, 5.74) is 9.09. The van der Waals surface area contributed by atoms with Crippen LogP contribution >= 0.6 is 0 Å². The highest BCUT2D eigenvalue weighted by molar-refractivity contribution is 5.71. The summed E-state index contributed by atoms with van der Waals surface area (Å²) in [7, 11) is 0. The van der Waals surface area contributed by atoms with Crippen LogP contribution in [0.2, 0.25) is 0 Å². The molecular weight excluding hydrogens is 292 g/mol. The lowest BCUT2D eigenvalue weighted by atomic mass is 10.0. The van der Waals surface area contributed by atoms with Crippen LogP contribution < -0.4 is 10.6 Å². The number of phenolic OH excluding ortho intramolecular Hbond substituents is 1. The lowest BCUT2D eigenvalue weighted by Gasteiger charge is -2.32. The van der Waals surface area contributed by atoms with Crippen LogP contribution in [0, 0.1) is 13.8 Å². The van der Waals surface area contributed by atoms with E-state index in [0.717, 1.165) is 35.6 Å². The molecule has 1 aromatic heterocycles. The van der Waals surface area contributed by atoms with Gasteiger partial charge in [0.15, 0.2) is 5.82 Å². The highest BCUT2D eigenvalue weighted by Crippen LogP contribution is 2.32. The molecule has 2 aromatic rings. The minimum Gasteiger partial charge on any atom is -0.507 e. The quantitative estimate of drug-likeness (QED) is 0.896. The van der Waals surface area contributed by atoms with Crippen LogP contribution in [0.4, 0.5) is 5.82 Å². The molecule has 0 radical (unpaired) electrons. The fourth-order valence-electron chi connectivity index (χ4n) is 2.98. The smallest absolute Gasteiger partial charge is 0.151 e. The molecule has 2 heterocycles. The number of hydrogen-bond donors (Lipinski definition) is 2. The fraction of sp³-hybridized carbons (Fsp3) is 0.412. The molecule has 1 fully saturated rings. The van der Waals surface area contributed by atoms with E-state index in [0.29, 0.717) is 18.8 Å². The van der Waals surface area contributed by atoms with E-state index in [1.807, 2.05) is 32.0 Å². The van der Waals surface area contributed by atoms with E-state index in [-0.39, 0.29) is 11.9 Å². The summed E-state index contributed by atoms with van der Waals surface area (Å²) < 4.78 is 5.57. The molecule has 1 aliphatic heterocycles. The number of nitrogens with two attached hydrogens (primary N) is 1. The van der Waals surface area contributed by atoms with Crippen molar-refractivity contribution in [3.63, 3.8) is 0 Å².